The summed E-state index contributed by atoms with van der Waals surface area (Å²) in [4.78, 5) is 0. The molecule has 0 fully saturated rings. The molecule has 0 spiro atoms. The second-order valence-electron chi connectivity index (χ2n) is 6.01. The molecule has 0 amide bonds. The van der Waals surface area contributed by atoms with Gasteiger partial charge < -0.3 is 5.11 Å². The molecular formula is C21H17F3O. The Bertz CT molecular complexity index is 919. The molecule has 3 rings (SSSR count). The van der Waals surface area contributed by atoms with Gasteiger partial charge in [0.25, 0.3) is 0 Å². The largest absolute Gasteiger partial charge is 0.505 e. The van der Waals surface area contributed by atoms with Gasteiger partial charge in [0.1, 0.15) is 11.6 Å². The Morgan fingerprint density at radius 1 is 0.840 bits per heavy atom. The number of aryl methyl sites for hydroxylation is 2. The Morgan fingerprint density at radius 2 is 1.60 bits per heavy atom. The number of aromatic hydroxyl groups is 1. The van der Waals surface area contributed by atoms with Crippen LogP contribution in [0.4, 0.5) is 13.2 Å². The normalized spacial score (nSPS) is 10.9. The first-order chi connectivity index (χ1) is 12.0. The van der Waals surface area contributed by atoms with E-state index in [1.54, 1.807) is 6.07 Å². The Morgan fingerprint density at radius 3 is 2.36 bits per heavy atom. The number of phenolic OH excluding ortho intramolecular Hbond substituents is 1. The zero-order valence-corrected chi connectivity index (χ0v) is 13.7. The van der Waals surface area contributed by atoms with Crippen LogP contribution in [0.15, 0.2) is 54.6 Å². The number of hydrogen-bond donors (Lipinski definition) is 1. The van der Waals surface area contributed by atoms with Crippen molar-refractivity contribution in [3.63, 3.8) is 0 Å². The van der Waals surface area contributed by atoms with Gasteiger partial charge in [-0.15, -0.1) is 0 Å². The fourth-order valence-corrected chi connectivity index (χ4v) is 2.86. The molecule has 0 unspecified atom stereocenters. The van der Waals surface area contributed by atoms with Gasteiger partial charge in [-0.05, 0) is 66.3 Å². The van der Waals surface area contributed by atoms with Crippen molar-refractivity contribution in [1.82, 2.24) is 0 Å². The molecular weight excluding hydrogens is 325 g/mol. The van der Waals surface area contributed by atoms with E-state index in [4.69, 9.17) is 0 Å². The van der Waals surface area contributed by atoms with E-state index in [1.165, 1.54) is 12.1 Å². The molecule has 0 heterocycles. The molecule has 1 nitrogen and oxygen atoms in total. The summed E-state index contributed by atoms with van der Waals surface area (Å²) in [5.74, 6) is -2.46. The van der Waals surface area contributed by atoms with Crippen molar-refractivity contribution in [3.05, 3.63) is 88.7 Å². The van der Waals surface area contributed by atoms with Gasteiger partial charge in [-0.3, -0.25) is 0 Å². The van der Waals surface area contributed by atoms with Crippen molar-refractivity contribution in [2.75, 3.05) is 0 Å². The lowest BCUT2D eigenvalue weighted by Crippen LogP contribution is -2.01. The molecule has 0 aliphatic rings. The summed E-state index contributed by atoms with van der Waals surface area (Å²) in [5.41, 5.74) is 3.37. The molecule has 3 aromatic rings. The molecule has 0 bridgehead atoms. The molecule has 1 N–H and O–H groups in total. The smallest absolute Gasteiger partial charge is 0.170 e. The Kier molecular flexibility index (Phi) is 4.79. The first-order valence-corrected chi connectivity index (χ1v) is 7.97. The molecule has 0 aliphatic heterocycles. The number of hydrogen-bond acceptors (Lipinski definition) is 1. The Hall–Kier alpha value is -2.75. The summed E-state index contributed by atoms with van der Waals surface area (Å²) in [7, 11) is 0. The fraction of sp³-hybridized carbons (Fsp3) is 0.143. The highest BCUT2D eigenvalue weighted by atomic mass is 19.1. The van der Waals surface area contributed by atoms with Crippen LogP contribution in [0, 0.1) is 24.4 Å². The van der Waals surface area contributed by atoms with E-state index < -0.39 is 17.4 Å². The average Bonchev–Trinajstić information content (AvgIpc) is 2.60. The molecule has 0 atom stereocenters. The van der Waals surface area contributed by atoms with Crippen LogP contribution in [-0.2, 0) is 12.8 Å². The first-order valence-electron chi connectivity index (χ1n) is 7.97. The summed E-state index contributed by atoms with van der Waals surface area (Å²) in [6.45, 7) is 1.92. The van der Waals surface area contributed by atoms with E-state index in [-0.39, 0.29) is 17.8 Å². The van der Waals surface area contributed by atoms with Crippen molar-refractivity contribution in [3.8, 4) is 16.9 Å². The number of phenols is 1. The quantitative estimate of drug-likeness (QED) is 0.657. The minimum atomic E-state index is -0.918. The Balaban J connectivity index is 1.89. The fourth-order valence-electron chi connectivity index (χ4n) is 2.86. The van der Waals surface area contributed by atoms with Crippen LogP contribution in [0.5, 0.6) is 5.75 Å². The second kappa shape index (κ2) is 7.01. The summed E-state index contributed by atoms with van der Waals surface area (Å²) in [5, 5.41) is 9.42. The topological polar surface area (TPSA) is 20.2 Å². The van der Waals surface area contributed by atoms with E-state index in [9.17, 15) is 18.3 Å². The molecule has 25 heavy (non-hydrogen) atoms. The van der Waals surface area contributed by atoms with Gasteiger partial charge in [0, 0.05) is 5.56 Å². The molecule has 4 heteroatoms. The van der Waals surface area contributed by atoms with E-state index in [0.29, 0.717) is 6.42 Å². The predicted molar refractivity (Wildman–Crippen MR) is 92.0 cm³/mol. The highest BCUT2D eigenvalue weighted by Crippen LogP contribution is 2.26. The molecule has 0 saturated heterocycles. The van der Waals surface area contributed by atoms with Gasteiger partial charge in [-0.1, -0.05) is 30.3 Å². The molecule has 0 aromatic heterocycles. The SMILES string of the molecule is Cc1ccc(-c2cccc(F)c2)cc1CCc1c(F)ccc(O)c1F. The summed E-state index contributed by atoms with van der Waals surface area (Å²) in [6.07, 6.45) is 0.534. The number of halogens is 3. The van der Waals surface area contributed by atoms with Crippen LogP contribution in [-0.4, -0.2) is 5.11 Å². The van der Waals surface area contributed by atoms with Crippen molar-refractivity contribution >= 4 is 0 Å². The van der Waals surface area contributed by atoms with Gasteiger partial charge in [0.2, 0.25) is 0 Å². The maximum Gasteiger partial charge on any atom is 0.170 e. The minimum absolute atomic E-state index is 0.125. The lowest BCUT2D eigenvalue weighted by atomic mass is 9.95. The third-order valence-electron chi connectivity index (χ3n) is 4.32. The van der Waals surface area contributed by atoms with Gasteiger partial charge in [0.15, 0.2) is 11.6 Å². The van der Waals surface area contributed by atoms with Crippen LogP contribution in [0.2, 0.25) is 0 Å². The second-order valence-corrected chi connectivity index (χ2v) is 6.01. The molecule has 128 valence electrons. The third kappa shape index (κ3) is 3.68. The van der Waals surface area contributed by atoms with Gasteiger partial charge in [0.05, 0.1) is 0 Å². The lowest BCUT2D eigenvalue weighted by molar-refractivity contribution is 0.422. The number of rotatable bonds is 4. The summed E-state index contributed by atoms with van der Waals surface area (Å²) >= 11 is 0. The van der Waals surface area contributed by atoms with Crippen LogP contribution in [0.1, 0.15) is 16.7 Å². The third-order valence-corrected chi connectivity index (χ3v) is 4.32. The Labute approximate surface area is 144 Å². The predicted octanol–water partition coefficient (Wildman–Crippen LogP) is 5.57. The van der Waals surface area contributed by atoms with Crippen molar-refractivity contribution in [2.24, 2.45) is 0 Å². The molecule has 0 radical (unpaired) electrons. The van der Waals surface area contributed by atoms with Crippen LogP contribution >= 0.6 is 0 Å². The molecule has 0 saturated carbocycles. The van der Waals surface area contributed by atoms with Crippen molar-refractivity contribution in [2.45, 2.75) is 19.8 Å². The van der Waals surface area contributed by atoms with E-state index in [0.717, 1.165) is 34.4 Å². The van der Waals surface area contributed by atoms with Crippen LogP contribution in [0.25, 0.3) is 11.1 Å². The summed E-state index contributed by atoms with van der Waals surface area (Å²) < 4.78 is 41.2. The highest BCUT2D eigenvalue weighted by molar-refractivity contribution is 5.65. The van der Waals surface area contributed by atoms with Crippen LogP contribution in [0.3, 0.4) is 0 Å². The van der Waals surface area contributed by atoms with E-state index in [1.807, 2.05) is 31.2 Å². The zero-order valence-electron chi connectivity index (χ0n) is 13.7. The first kappa shape index (κ1) is 17.1. The van der Waals surface area contributed by atoms with Crippen molar-refractivity contribution in [1.29, 1.82) is 0 Å². The van der Waals surface area contributed by atoms with Crippen LogP contribution < -0.4 is 0 Å². The van der Waals surface area contributed by atoms with Gasteiger partial charge >= 0.3 is 0 Å². The maximum atomic E-state index is 13.9. The summed E-state index contributed by atoms with van der Waals surface area (Å²) in [6, 6.07) is 14.0. The maximum absolute atomic E-state index is 13.9. The highest BCUT2D eigenvalue weighted by Gasteiger charge is 2.14. The molecule has 3 aromatic carbocycles. The minimum Gasteiger partial charge on any atom is -0.505 e. The standard InChI is InChI=1S/C21H17F3O/c1-13-5-6-16(15-3-2-4-17(22)12-15)11-14(13)7-8-18-19(23)9-10-20(25)21(18)24/h2-6,9-12,25H,7-8H2,1H3. The van der Waals surface area contributed by atoms with Gasteiger partial charge in [-0.25, -0.2) is 13.2 Å². The lowest BCUT2D eigenvalue weighted by Gasteiger charge is -2.11. The zero-order chi connectivity index (χ0) is 18.0. The van der Waals surface area contributed by atoms with E-state index >= 15 is 0 Å². The molecule has 0 aliphatic carbocycles. The van der Waals surface area contributed by atoms with Crippen molar-refractivity contribution < 1.29 is 18.3 Å². The van der Waals surface area contributed by atoms with E-state index in [2.05, 4.69) is 0 Å². The van der Waals surface area contributed by atoms with Gasteiger partial charge in [-0.2, -0.15) is 0 Å². The number of benzene rings is 3. The monoisotopic (exact) mass is 342 g/mol. The average molecular weight is 342 g/mol.